The van der Waals surface area contributed by atoms with Crippen molar-refractivity contribution in [3.8, 4) is 23.4 Å². The van der Waals surface area contributed by atoms with Crippen molar-refractivity contribution in [1.82, 2.24) is 9.38 Å². The average Bonchev–Trinajstić information content (AvgIpc) is 2.86. The van der Waals surface area contributed by atoms with Crippen LogP contribution < -0.4 is 20.3 Å². The first-order chi connectivity index (χ1) is 16.9. The quantitative estimate of drug-likeness (QED) is 0.303. The van der Waals surface area contributed by atoms with Crippen LogP contribution in [0, 0.1) is 18.3 Å². The zero-order valence-electron chi connectivity index (χ0n) is 18.8. The molecule has 1 N–H and O–H groups in total. The van der Waals surface area contributed by atoms with Crippen LogP contribution in [0.4, 0.5) is 5.69 Å². The van der Waals surface area contributed by atoms with Gasteiger partial charge in [-0.15, -0.1) is 0 Å². The number of aryl methyl sites for hydroxylation is 1. The lowest BCUT2D eigenvalue weighted by molar-refractivity contribution is -0.112. The maximum absolute atomic E-state index is 13.4. The van der Waals surface area contributed by atoms with Crippen molar-refractivity contribution >= 4 is 34.9 Å². The molecule has 0 unspecified atom stereocenters. The minimum Gasteiger partial charge on any atom is -0.497 e. The number of pyridine rings is 1. The standard InChI is InChI=1S/C26H19ClN4O4/c1-16-6-5-13-31-23(16)30-25(35-22-8-4-3-7-21(22)27)20(26(31)33)14-17(15-28)24(32)29-18-9-11-19(34-2)12-10-18/h3-14H,1-2H3,(H,29,32)/b17-14+. The Morgan fingerprint density at radius 3 is 2.57 bits per heavy atom. The number of nitrogens with zero attached hydrogens (tertiary/aromatic N) is 3. The fourth-order valence-corrected chi connectivity index (χ4v) is 3.47. The summed E-state index contributed by atoms with van der Waals surface area (Å²) in [5.74, 6) is 0.110. The Hall–Kier alpha value is -4.61. The number of hydrogen-bond acceptors (Lipinski definition) is 6. The number of fused-ring (bicyclic) bond motifs is 1. The molecule has 1 amide bonds. The van der Waals surface area contributed by atoms with Gasteiger partial charge in [0.25, 0.3) is 11.5 Å². The molecule has 0 aliphatic rings. The van der Waals surface area contributed by atoms with E-state index in [1.807, 2.05) is 6.07 Å². The van der Waals surface area contributed by atoms with E-state index in [0.717, 1.165) is 11.6 Å². The second-order valence-corrected chi connectivity index (χ2v) is 7.81. The number of anilines is 1. The SMILES string of the molecule is COc1ccc(NC(=O)/C(C#N)=C/c2c(Oc3ccccc3Cl)nc3c(C)cccn3c2=O)cc1. The van der Waals surface area contributed by atoms with Gasteiger partial charge in [-0.2, -0.15) is 10.2 Å². The van der Waals surface area contributed by atoms with E-state index in [-0.39, 0.29) is 22.8 Å². The van der Waals surface area contributed by atoms with Gasteiger partial charge in [-0.25, -0.2) is 0 Å². The molecule has 0 bridgehead atoms. The molecule has 2 aromatic heterocycles. The highest BCUT2D eigenvalue weighted by atomic mass is 35.5. The number of methoxy groups -OCH3 is 1. The summed E-state index contributed by atoms with van der Waals surface area (Å²) in [5.41, 5.74) is 0.671. The van der Waals surface area contributed by atoms with E-state index in [0.29, 0.717) is 22.1 Å². The highest BCUT2D eigenvalue weighted by Crippen LogP contribution is 2.30. The van der Waals surface area contributed by atoms with Crippen LogP contribution in [-0.2, 0) is 4.79 Å². The third-order valence-electron chi connectivity index (χ3n) is 5.09. The molecule has 0 atom stereocenters. The lowest BCUT2D eigenvalue weighted by Crippen LogP contribution is -2.20. The molecular weight excluding hydrogens is 468 g/mol. The summed E-state index contributed by atoms with van der Waals surface area (Å²) >= 11 is 6.23. The predicted molar refractivity (Wildman–Crippen MR) is 133 cm³/mol. The van der Waals surface area contributed by atoms with Gasteiger partial charge in [-0.1, -0.05) is 29.8 Å². The van der Waals surface area contributed by atoms with E-state index in [1.165, 1.54) is 11.5 Å². The van der Waals surface area contributed by atoms with Gasteiger partial charge in [0.15, 0.2) is 0 Å². The Balaban J connectivity index is 1.81. The number of para-hydroxylation sites is 1. The Morgan fingerprint density at radius 1 is 1.14 bits per heavy atom. The van der Waals surface area contributed by atoms with Crippen LogP contribution >= 0.6 is 11.6 Å². The fourth-order valence-electron chi connectivity index (χ4n) is 3.29. The van der Waals surface area contributed by atoms with Crippen molar-refractivity contribution in [2.75, 3.05) is 12.4 Å². The highest BCUT2D eigenvalue weighted by Gasteiger charge is 2.19. The molecule has 0 spiro atoms. The molecule has 0 aliphatic carbocycles. The van der Waals surface area contributed by atoms with Crippen molar-refractivity contribution in [1.29, 1.82) is 5.26 Å². The smallest absolute Gasteiger partial charge is 0.269 e. The topological polar surface area (TPSA) is 106 Å². The lowest BCUT2D eigenvalue weighted by Gasteiger charge is -2.12. The summed E-state index contributed by atoms with van der Waals surface area (Å²) in [7, 11) is 1.53. The van der Waals surface area contributed by atoms with Gasteiger partial charge in [0, 0.05) is 11.9 Å². The summed E-state index contributed by atoms with van der Waals surface area (Å²) in [5, 5.41) is 12.6. The Kier molecular flexibility index (Phi) is 6.81. The minimum atomic E-state index is -0.699. The molecular formula is C26H19ClN4O4. The third-order valence-corrected chi connectivity index (χ3v) is 5.41. The molecule has 8 nitrogen and oxygen atoms in total. The first kappa shape index (κ1) is 23.5. The molecule has 4 aromatic rings. The maximum Gasteiger partial charge on any atom is 0.269 e. The average molecular weight is 487 g/mol. The largest absolute Gasteiger partial charge is 0.497 e. The van der Waals surface area contributed by atoms with Gasteiger partial charge in [-0.05, 0) is 61.0 Å². The van der Waals surface area contributed by atoms with Gasteiger partial charge in [0.05, 0.1) is 12.1 Å². The molecule has 2 aromatic carbocycles. The Morgan fingerprint density at radius 2 is 1.89 bits per heavy atom. The van der Waals surface area contributed by atoms with Gasteiger partial charge in [0.1, 0.15) is 34.4 Å². The Bertz CT molecular complexity index is 1550. The molecule has 0 fully saturated rings. The molecule has 0 aliphatic heterocycles. The number of carbonyl (C=O) groups is 1. The lowest BCUT2D eigenvalue weighted by atomic mass is 10.1. The number of halogens is 1. The monoisotopic (exact) mass is 486 g/mol. The number of aromatic nitrogens is 2. The zero-order valence-corrected chi connectivity index (χ0v) is 19.5. The van der Waals surface area contributed by atoms with E-state index in [2.05, 4.69) is 10.3 Å². The molecule has 2 heterocycles. The molecule has 0 saturated heterocycles. The third kappa shape index (κ3) is 5.00. The maximum atomic E-state index is 13.4. The van der Waals surface area contributed by atoms with Crippen LogP contribution in [0.2, 0.25) is 5.02 Å². The second kappa shape index (κ2) is 10.1. The summed E-state index contributed by atoms with van der Waals surface area (Å²) in [6, 6.07) is 18.7. The fraction of sp³-hybridized carbons (Fsp3) is 0.0769. The number of hydrogen-bond donors (Lipinski definition) is 1. The minimum absolute atomic E-state index is 0.0746. The van der Waals surface area contributed by atoms with E-state index < -0.39 is 11.5 Å². The number of ether oxygens (including phenoxy) is 2. The molecule has 174 valence electrons. The normalized spacial score (nSPS) is 11.1. The van der Waals surface area contributed by atoms with Crippen LogP contribution in [0.5, 0.6) is 17.4 Å². The predicted octanol–water partition coefficient (Wildman–Crippen LogP) is 5.00. The molecule has 4 rings (SSSR count). The number of rotatable bonds is 6. The van der Waals surface area contributed by atoms with E-state index in [4.69, 9.17) is 21.1 Å². The van der Waals surface area contributed by atoms with E-state index >= 15 is 0 Å². The van der Waals surface area contributed by atoms with Crippen LogP contribution in [0.1, 0.15) is 11.1 Å². The number of amides is 1. The zero-order chi connectivity index (χ0) is 24.9. The van der Waals surface area contributed by atoms with Crippen molar-refractivity contribution in [3.63, 3.8) is 0 Å². The van der Waals surface area contributed by atoms with Crippen LogP contribution in [0.3, 0.4) is 0 Å². The summed E-state index contributed by atoms with van der Waals surface area (Å²) < 4.78 is 12.3. The van der Waals surface area contributed by atoms with Crippen molar-refractivity contribution in [2.45, 2.75) is 6.92 Å². The van der Waals surface area contributed by atoms with Crippen molar-refractivity contribution < 1.29 is 14.3 Å². The molecule has 35 heavy (non-hydrogen) atoms. The summed E-state index contributed by atoms with van der Waals surface area (Å²) in [4.78, 5) is 30.7. The molecule has 0 saturated carbocycles. The van der Waals surface area contributed by atoms with Crippen LogP contribution in [0.25, 0.3) is 11.7 Å². The van der Waals surface area contributed by atoms with Gasteiger partial charge in [0.2, 0.25) is 5.88 Å². The van der Waals surface area contributed by atoms with Gasteiger partial charge >= 0.3 is 0 Å². The summed E-state index contributed by atoms with van der Waals surface area (Å²) in [6.07, 6.45) is 2.72. The number of carbonyl (C=O) groups excluding carboxylic acids is 1. The summed E-state index contributed by atoms with van der Waals surface area (Å²) in [6.45, 7) is 1.81. The number of nitrogens with one attached hydrogen (secondary N) is 1. The second-order valence-electron chi connectivity index (χ2n) is 7.41. The van der Waals surface area contributed by atoms with E-state index in [9.17, 15) is 14.9 Å². The van der Waals surface area contributed by atoms with Crippen molar-refractivity contribution in [2.24, 2.45) is 0 Å². The van der Waals surface area contributed by atoms with Crippen LogP contribution in [-0.4, -0.2) is 22.4 Å². The number of nitriles is 1. The van der Waals surface area contributed by atoms with Crippen molar-refractivity contribution in [3.05, 3.63) is 98.9 Å². The Labute approximate surface area is 205 Å². The van der Waals surface area contributed by atoms with Crippen LogP contribution in [0.15, 0.2) is 77.2 Å². The number of benzene rings is 2. The van der Waals surface area contributed by atoms with E-state index in [1.54, 1.807) is 73.8 Å². The first-order valence-electron chi connectivity index (χ1n) is 10.4. The van der Waals surface area contributed by atoms with Gasteiger partial charge < -0.3 is 14.8 Å². The molecule has 0 radical (unpaired) electrons. The first-order valence-corrected chi connectivity index (χ1v) is 10.8. The molecule has 9 heteroatoms. The highest BCUT2D eigenvalue weighted by molar-refractivity contribution is 6.32. The van der Waals surface area contributed by atoms with Gasteiger partial charge in [-0.3, -0.25) is 14.0 Å².